The molecule has 0 spiro atoms. The molecular formula is C14H19NO4. The van der Waals surface area contributed by atoms with Crippen molar-refractivity contribution in [2.75, 3.05) is 13.7 Å². The fourth-order valence-corrected chi connectivity index (χ4v) is 1.56. The van der Waals surface area contributed by atoms with Crippen LogP contribution in [0.4, 0.5) is 4.79 Å². The molecule has 19 heavy (non-hydrogen) atoms. The van der Waals surface area contributed by atoms with E-state index < -0.39 is 18.1 Å². The van der Waals surface area contributed by atoms with Gasteiger partial charge in [-0.15, -0.1) is 0 Å². The van der Waals surface area contributed by atoms with E-state index in [4.69, 9.17) is 4.74 Å². The van der Waals surface area contributed by atoms with Crippen LogP contribution in [0.25, 0.3) is 0 Å². The summed E-state index contributed by atoms with van der Waals surface area (Å²) in [5, 5.41) is 2.47. The smallest absolute Gasteiger partial charge is 0.407 e. The number of rotatable bonds is 6. The molecule has 0 aliphatic carbocycles. The number of carbonyl (C=O) groups is 2. The molecule has 1 aromatic rings. The Morgan fingerprint density at radius 1 is 1.26 bits per heavy atom. The summed E-state index contributed by atoms with van der Waals surface area (Å²) in [6.45, 7) is 2.05. The van der Waals surface area contributed by atoms with Crippen molar-refractivity contribution in [3.63, 3.8) is 0 Å². The van der Waals surface area contributed by atoms with Crippen LogP contribution in [0.15, 0.2) is 30.3 Å². The Hall–Kier alpha value is -2.04. The number of esters is 1. The van der Waals surface area contributed by atoms with E-state index in [9.17, 15) is 9.59 Å². The number of methoxy groups -OCH3 is 1. The van der Waals surface area contributed by atoms with Crippen molar-refractivity contribution in [2.24, 2.45) is 0 Å². The zero-order chi connectivity index (χ0) is 14.1. The third kappa shape index (κ3) is 5.42. The largest absolute Gasteiger partial charge is 0.467 e. The maximum Gasteiger partial charge on any atom is 0.407 e. The summed E-state index contributed by atoms with van der Waals surface area (Å²) in [7, 11) is 1.29. The van der Waals surface area contributed by atoms with Crippen molar-refractivity contribution in [3.05, 3.63) is 35.9 Å². The minimum absolute atomic E-state index is 0.271. The van der Waals surface area contributed by atoms with Crippen molar-refractivity contribution in [1.29, 1.82) is 0 Å². The minimum Gasteiger partial charge on any atom is -0.467 e. The van der Waals surface area contributed by atoms with Crippen LogP contribution in [0.1, 0.15) is 18.9 Å². The Labute approximate surface area is 112 Å². The van der Waals surface area contributed by atoms with Crippen LogP contribution < -0.4 is 5.32 Å². The molecule has 1 aromatic carbocycles. The molecule has 104 valence electrons. The maximum absolute atomic E-state index is 11.5. The van der Waals surface area contributed by atoms with Gasteiger partial charge in [-0.05, 0) is 12.0 Å². The molecule has 0 aliphatic heterocycles. The molecule has 1 amide bonds. The van der Waals surface area contributed by atoms with E-state index in [1.807, 2.05) is 30.3 Å². The van der Waals surface area contributed by atoms with Crippen molar-refractivity contribution in [3.8, 4) is 0 Å². The Kier molecular flexibility index (Phi) is 6.43. The highest BCUT2D eigenvalue weighted by Gasteiger charge is 2.19. The third-order valence-corrected chi connectivity index (χ3v) is 2.65. The van der Waals surface area contributed by atoms with Gasteiger partial charge in [-0.3, -0.25) is 0 Å². The van der Waals surface area contributed by atoms with Gasteiger partial charge >= 0.3 is 12.1 Å². The highest BCUT2D eigenvalue weighted by atomic mass is 16.6. The molecule has 0 radical (unpaired) electrons. The van der Waals surface area contributed by atoms with Gasteiger partial charge in [-0.1, -0.05) is 37.3 Å². The fourth-order valence-electron chi connectivity index (χ4n) is 1.56. The molecule has 1 atom stereocenters. The molecule has 1 rings (SSSR count). The molecule has 5 heteroatoms. The van der Waals surface area contributed by atoms with Crippen molar-refractivity contribution < 1.29 is 19.1 Å². The van der Waals surface area contributed by atoms with Crippen LogP contribution in [-0.2, 0) is 20.7 Å². The molecule has 0 aliphatic rings. The van der Waals surface area contributed by atoms with E-state index in [1.165, 1.54) is 7.11 Å². The lowest BCUT2D eigenvalue weighted by Crippen LogP contribution is -2.41. The summed E-state index contributed by atoms with van der Waals surface area (Å²) < 4.78 is 9.58. The molecule has 0 aromatic heterocycles. The van der Waals surface area contributed by atoms with E-state index in [1.54, 1.807) is 6.92 Å². The molecular weight excluding hydrogens is 246 g/mol. The van der Waals surface area contributed by atoms with Gasteiger partial charge in [-0.25, -0.2) is 9.59 Å². The Bertz CT molecular complexity index is 405. The molecule has 0 bridgehead atoms. The van der Waals surface area contributed by atoms with Gasteiger partial charge in [0, 0.05) is 6.42 Å². The lowest BCUT2D eigenvalue weighted by atomic mass is 10.2. The van der Waals surface area contributed by atoms with Crippen molar-refractivity contribution in [2.45, 2.75) is 25.8 Å². The Morgan fingerprint density at radius 2 is 1.95 bits per heavy atom. The first-order valence-corrected chi connectivity index (χ1v) is 6.22. The van der Waals surface area contributed by atoms with Gasteiger partial charge < -0.3 is 14.8 Å². The standard InChI is InChI=1S/C14H19NO4/c1-3-12(13(16)18-2)15-14(17)19-10-9-11-7-5-4-6-8-11/h4-8,12H,3,9-10H2,1-2H3,(H,15,17). The predicted molar refractivity (Wildman–Crippen MR) is 70.7 cm³/mol. The third-order valence-electron chi connectivity index (χ3n) is 2.65. The van der Waals surface area contributed by atoms with Crippen LogP contribution in [-0.4, -0.2) is 31.8 Å². The van der Waals surface area contributed by atoms with Gasteiger partial charge in [0.1, 0.15) is 6.04 Å². The van der Waals surface area contributed by atoms with E-state index in [-0.39, 0.29) is 6.61 Å². The van der Waals surface area contributed by atoms with Gasteiger partial charge in [0.2, 0.25) is 0 Å². The average molecular weight is 265 g/mol. The minimum atomic E-state index is -0.658. The summed E-state index contributed by atoms with van der Waals surface area (Å²) in [6.07, 6.45) is 0.497. The number of nitrogens with one attached hydrogen (secondary N) is 1. The number of carbonyl (C=O) groups excluding carboxylic acids is 2. The van der Waals surface area contributed by atoms with Gasteiger partial charge in [-0.2, -0.15) is 0 Å². The first-order chi connectivity index (χ1) is 9.17. The Balaban J connectivity index is 2.29. The van der Waals surface area contributed by atoms with E-state index in [0.717, 1.165) is 5.56 Å². The normalized spacial score (nSPS) is 11.5. The second-order valence-corrected chi connectivity index (χ2v) is 4.00. The molecule has 0 saturated carbocycles. The van der Waals surface area contributed by atoms with Gasteiger partial charge in [0.05, 0.1) is 13.7 Å². The lowest BCUT2D eigenvalue weighted by Gasteiger charge is -2.14. The molecule has 0 saturated heterocycles. The summed E-state index contributed by atoms with van der Waals surface area (Å²) in [5.41, 5.74) is 1.09. The number of hydrogen-bond donors (Lipinski definition) is 1. The molecule has 0 fully saturated rings. The SMILES string of the molecule is CCC(NC(=O)OCCc1ccccc1)C(=O)OC. The number of hydrogen-bond acceptors (Lipinski definition) is 4. The molecule has 5 nitrogen and oxygen atoms in total. The van der Waals surface area contributed by atoms with Crippen LogP contribution in [0.2, 0.25) is 0 Å². The first-order valence-electron chi connectivity index (χ1n) is 6.22. The van der Waals surface area contributed by atoms with Gasteiger partial charge in [0.25, 0.3) is 0 Å². The van der Waals surface area contributed by atoms with Crippen LogP contribution in [0, 0.1) is 0 Å². The van der Waals surface area contributed by atoms with E-state index in [2.05, 4.69) is 10.1 Å². The molecule has 1 unspecified atom stereocenters. The first kappa shape index (κ1) is 15.0. The van der Waals surface area contributed by atoms with E-state index >= 15 is 0 Å². The monoisotopic (exact) mass is 265 g/mol. The van der Waals surface area contributed by atoms with E-state index in [0.29, 0.717) is 12.8 Å². The second-order valence-electron chi connectivity index (χ2n) is 4.00. The fraction of sp³-hybridized carbons (Fsp3) is 0.429. The second kappa shape index (κ2) is 8.13. The summed E-state index contributed by atoms with van der Waals surface area (Å²) in [4.78, 5) is 22.8. The summed E-state index contributed by atoms with van der Waals surface area (Å²) in [5.74, 6) is -0.470. The number of ether oxygens (including phenoxy) is 2. The maximum atomic E-state index is 11.5. The number of amides is 1. The zero-order valence-electron chi connectivity index (χ0n) is 11.2. The predicted octanol–water partition coefficient (Wildman–Crippen LogP) is 1.91. The quantitative estimate of drug-likeness (QED) is 0.798. The highest BCUT2D eigenvalue weighted by Crippen LogP contribution is 2.00. The van der Waals surface area contributed by atoms with Crippen LogP contribution in [0.3, 0.4) is 0 Å². The topological polar surface area (TPSA) is 64.6 Å². The molecule has 1 N–H and O–H groups in total. The van der Waals surface area contributed by atoms with Crippen LogP contribution in [0.5, 0.6) is 0 Å². The average Bonchev–Trinajstić information content (AvgIpc) is 2.45. The summed E-state index contributed by atoms with van der Waals surface area (Å²) >= 11 is 0. The summed E-state index contributed by atoms with van der Waals surface area (Å²) in [6, 6.07) is 9.06. The Morgan fingerprint density at radius 3 is 2.53 bits per heavy atom. The zero-order valence-corrected chi connectivity index (χ0v) is 11.2. The van der Waals surface area contributed by atoms with Crippen LogP contribution >= 0.6 is 0 Å². The lowest BCUT2D eigenvalue weighted by molar-refractivity contribution is -0.143. The number of benzene rings is 1. The van der Waals surface area contributed by atoms with Crippen molar-refractivity contribution >= 4 is 12.1 Å². The highest BCUT2D eigenvalue weighted by molar-refractivity contribution is 5.81. The van der Waals surface area contributed by atoms with Crippen molar-refractivity contribution in [1.82, 2.24) is 5.32 Å². The number of alkyl carbamates (subject to hydrolysis) is 1. The van der Waals surface area contributed by atoms with Gasteiger partial charge in [0.15, 0.2) is 0 Å². The molecule has 0 heterocycles.